The molecule has 38 heavy (non-hydrogen) atoms. The van der Waals surface area contributed by atoms with E-state index < -0.39 is 11.4 Å². The highest BCUT2D eigenvalue weighted by molar-refractivity contribution is 6.33. The molecule has 0 radical (unpaired) electrons. The number of carboxylic acid groups (broad SMARTS) is 1. The van der Waals surface area contributed by atoms with Crippen LogP contribution in [-0.2, 0) is 16.2 Å². The number of halogens is 1. The Morgan fingerprint density at radius 2 is 1.95 bits per heavy atom. The van der Waals surface area contributed by atoms with Crippen LogP contribution < -0.4 is 4.74 Å². The van der Waals surface area contributed by atoms with Gasteiger partial charge in [-0.05, 0) is 68.7 Å². The van der Waals surface area contributed by atoms with Crippen molar-refractivity contribution in [2.24, 2.45) is 10.6 Å². The molecule has 3 aliphatic heterocycles. The lowest BCUT2D eigenvalue weighted by Gasteiger charge is -2.45. The van der Waals surface area contributed by atoms with E-state index in [1.54, 1.807) is 0 Å². The molecule has 0 amide bonds. The fourth-order valence-corrected chi connectivity index (χ4v) is 6.41. The number of carbonyl (C=O) groups is 1. The smallest absolute Gasteiger partial charge is 0.309 e. The van der Waals surface area contributed by atoms with Crippen molar-refractivity contribution in [3.8, 4) is 16.9 Å². The summed E-state index contributed by atoms with van der Waals surface area (Å²) in [7, 11) is 0. The third-order valence-electron chi connectivity index (χ3n) is 8.66. The maximum absolute atomic E-state index is 11.6. The second kappa shape index (κ2) is 9.76. The molecule has 4 aliphatic rings. The Hall–Kier alpha value is -2.77. The minimum atomic E-state index is -0.704. The number of amidine groups is 1. The molecular formula is C30H36ClN3O4. The van der Waals surface area contributed by atoms with Crippen LogP contribution in [0.15, 0.2) is 41.6 Å². The van der Waals surface area contributed by atoms with Crippen LogP contribution in [0.4, 0.5) is 0 Å². The number of aliphatic carboxylic acids is 1. The zero-order valence-electron chi connectivity index (χ0n) is 22.2. The van der Waals surface area contributed by atoms with Crippen LogP contribution in [0, 0.1) is 5.41 Å². The summed E-state index contributed by atoms with van der Waals surface area (Å²) in [4.78, 5) is 22.2. The van der Waals surface area contributed by atoms with Crippen LogP contribution in [0.1, 0.15) is 63.0 Å². The Morgan fingerprint density at radius 1 is 1.21 bits per heavy atom. The minimum Gasteiger partial charge on any atom is -0.493 e. The van der Waals surface area contributed by atoms with Crippen LogP contribution in [-0.4, -0.2) is 65.1 Å². The number of rotatable bonds is 7. The van der Waals surface area contributed by atoms with Crippen molar-refractivity contribution < 1.29 is 19.5 Å². The topological polar surface area (TPSA) is 74.6 Å². The summed E-state index contributed by atoms with van der Waals surface area (Å²) in [6, 6.07) is 12.6. The Bertz CT molecular complexity index is 1260. The summed E-state index contributed by atoms with van der Waals surface area (Å²) in [5.74, 6) is 1.74. The molecule has 0 atom stereocenters. The molecule has 1 saturated carbocycles. The van der Waals surface area contributed by atoms with Gasteiger partial charge >= 0.3 is 5.97 Å². The van der Waals surface area contributed by atoms with Gasteiger partial charge in [-0.2, -0.15) is 0 Å². The number of benzene rings is 2. The van der Waals surface area contributed by atoms with Gasteiger partial charge in [-0.15, -0.1) is 0 Å². The molecule has 1 N–H and O–H groups in total. The average Bonchev–Trinajstić information content (AvgIpc) is 3.63. The molecule has 202 valence electrons. The van der Waals surface area contributed by atoms with Gasteiger partial charge in [0.15, 0.2) is 5.60 Å². The van der Waals surface area contributed by atoms with E-state index in [0.29, 0.717) is 38.5 Å². The first-order valence-corrected chi connectivity index (χ1v) is 14.2. The largest absolute Gasteiger partial charge is 0.493 e. The molecular weight excluding hydrogens is 502 g/mol. The zero-order chi connectivity index (χ0) is 26.5. The molecule has 2 saturated heterocycles. The van der Waals surface area contributed by atoms with Crippen LogP contribution in [0.3, 0.4) is 0 Å². The zero-order valence-corrected chi connectivity index (χ0v) is 23.0. The molecule has 1 aliphatic carbocycles. The van der Waals surface area contributed by atoms with Gasteiger partial charge < -0.3 is 19.6 Å². The van der Waals surface area contributed by atoms with E-state index in [9.17, 15) is 9.90 Å². The van der Waals surface area contributed by atoms with Gasteiger partial charge in [0.1, 0.15) is 11.6 Å². The lowest BCUT2D eigenvalue weighted by molar-refractivity contribution is -0.150. The minimum absolute atomic E-state index is 0.261. The Labute approximate surface area is 229 Å². The standard InChI is InChI=1S/C30H36ClN3O4/c1-3-37-25-15-20(14-23(21-8-9-21)27(25)22-6-4-5-7-24(22)31)17-33-18-30(19-33)16-26(32-38-30)34-12-10-29(2,11-13-34)28(35)36/h4-7,14-15,21H,3,8-13,16-19H2,1-2H3,(H,35,36). The number of hydrogen-bond donors (Lipinski definition) is 1. The summed E-state index contributed by atoms with van der Waals surface area (Å²) in [5, 5.41) is 14.7. The third-order valence-corrected chi connectivity index (χ3v) is 8.99. The molecule has 3 fully saturated rings. The molecule has 0 bridgehead atoms. The van der Waals surface area contributed by atoms with Gasteiger partial charge in [-0.25, -0.2) is 0 Å². The first kappa shape index (κ1) is 25.5. The first-order chi connectivity index (χ1) is 18.3. The van der Waals surface area contributed by atoms with Crippen LogP contribution in [0.5, 0.6) is 5.75 Å². The van der Waals surface area contributed by atoms with Gasteiger partial charge in [-0.1, -0.05) is 41.0 Å². The Kier molecular flexibility index (Phi) is 6.55. The predicted octanol–water partition coefficient (Wildman–Crippen LogP) is 5.76. The molecule has 0 aromatic heterocycles. The highest BCUT2D eigenvalue weighted by Crippen LogP contribution is 2.49. The fraction of sp³-hybridized carbons (Fsp3) is 0.533. The number of likely N-dealkylation sites (tertiary alicyclic amines) is 2. The highest BCUT2D eigenvalue weighted by atomic mass is 35.5. The van der Waals surface area contributed by atoms with Crippen LogP contribution in [0.25, 0.3) is 11.1 Å². The summed E-state index contributed by atoms with van der Waals surface area (Å²) in [5.41, 5.74) is 3.88. The predicted molar refractivity (Wildman–Crippen MR) is 148 cm³/mol. The molecule has 1 spiro atoms. The van der Waals surface area contributed by atoms with Crippen molar-refractivity contribution in [2.45, 2.75) is 64.0 Å². The monoisotopic (exact) mass is 537 g/mol. The lowest BCUT2D eigenvalue weighted by atomic mass is 9.80. The molecule has 2 aromatic carbocycles. The molecule has 3 heterocycles. The number of ether oxygens (including phenoxy) is 1. The van der Waals surface area contributed by atoms with Gasteiger partial charge in [0, 0.05) is 48.9 Å². The van der Waals surface area contributed by atoms with Crippen molar-refractivity contribution in [2.75, 3.05) is 32.8 Å². The summed E-state index contributed by atoms with van der Waals surface area (Å²) in [6.45, 7) is 8.40. The number of piperidine rings is 1. The molecule has 2 aromatic rings. The van der Waals surface area contributed by atoms with Crippen molar-refractivity contribution in [1.29, 1.82) is 0 Å². The summed E-state index contributed by atoms with van der Waals surface area (Å²) in [6.07, 6.45) is 4.47. The van der Waals surface area contributed by atoms with Gasteiger partial charge in [0.25, 0.3) is 0 Å². The summed E-state index contributed by atoms with van der Waals surface area (Å²) >= 11 is 6.63. The number of carboxylic acids is 1. The lowest BCUT2D eigenvalue weighted by Crippen LogP contribution is -2.61. The van der Waals surface area contributed by atoms with Gasteiger partial charge in [0.05, 0.1) is 18.4 Å². The van der Waals surface area contributed by atoms with Crippen molar-refractivity contribution in [1.82, 2.24) is 9.80 Å². The van der Waals surface area contributed by atoms with E-state index in [0.717, 1.165) is 53.8 Å². The van der Waals surface area contributed by atoms with E-state index in [2.05, 4.69) is 33.2 Å². The maximum Gasteiger partial charge on any atom is 0.309 e. The number of hydrogen-bond acceptors (Lipinski definition) is 6. The van der Waals surface area contributed by atoms with E-state index in [1.165, 1.54) is 24.0 Å². The number of nitrogens with zero attached hydrogens (tertiary/aromatic N) is 3. The Balaban J connectivity index is 1.13. The average molecular weight is 538 g/mol. The third kappa shape index (κ3) is 4.75. The second-order valence-electron chi connectivity index (χ2n) is 11.7. The van der Waals surface area contributed by atoms with Crippen molar-refractivity contribution >= 4 is 23.4 Å². The van der Waals surface area contributed by atoms with Crippen LogP contribution >= 0.6 is 11.6 Å². The van der Waals surface area contributed by atoms with Gasteiger partial charge in [0.2, 0.25) is 0 Å². The van der Waals surface area contributed by atoms with Gasteiger partial charge in [-0.3, -0.25) is 9.69 Å². The van der Waals surface area contributed by atoms with E-state index in [-0.39, 0.29) is 5.60 Å². The van der Waals surface area contributed by atoms with Crippen molar-refractivity contribution in [3.05, 3.63) is 52.5 Å². The normalized spacial score (nSPS) is 22.1. The number of oxime groups is 1. The SMILES string of the molecule is CCOc1cc(CN2CC3(CC(N4CCC(C)(C(=O)O)CC4)=NO3)C2)cc(C2CC2)c1-c1ccccc1Cl. The fourth-order valence-electron chi connectivity index (χ4n) is 6.18. The van der Waals surface area contributed by atoms with Crippen LogP contribution in [0.2, 0.25) is 5.02 Å². The Morgan fingerprint density at radius 3 is 2.61 bits per heavy atom. The maximum atomic E-state index is 11.6. The summed E-state index contributed by atoms with van der Waals surface area (Å²) < 4.78 is 6.18. The molecule has 7 nitrogen and oxygen atoms in total. The van der Waals surface area contributed by atoms with E-state index in [4.69, 9.17) is 21.2 Å². The first-order valence-electron chi connectivity index (χ1n) is 13.8. The molecule has 8 heteroatoms. The molecule has 6 rings (SSSR count). The highest BCUT2D eigenvalue weighted by Gasteiger charge is 2.51. The van der Waals surface area contributed by atoms with E-state index in [1.807, 2.05) is 32.0 Å². The van der Waals surface area contributed by atoms with E-state index >= 15 is 0 Å². The van der Waals surface area contributed by atoms with Crippen molar-refractivity contribution in [3.63, 3.8) is 0 Å². The second-order valence-corrected chi connectivity index (χ2v) is 12.1. The molecule has 0 unspecified atom stereocenters. The quantitative estimate of drug-likeness (QED) is 0.484.